The van der Waals surface area contributed by atoms with Gasteiger partial charge in [0.2, 0.25) is 0 Å². The lowest BCUT2D eigenvalue weighted by molar-refractivity contribution is -0.182. The van der Waals surface area contributed by atoms with Gasteiger partial charge in [0.25, 0.3) is 0 Å². The SMILES string of the molecule is Nc1c(C(=O)O)cnn1C1(C(F)(F)F)CC1. The maximum absolute atomic E-state index is 12.7. The van der Waals surface area contributed by atoms with Crippen LogP contribution in [-0.4, -0.2) is 27.0 Å². The van der Waals surface area contributed by atoms with Gasteiger partial charge < -0.3 is 10.8 Å². The molecule has 0 bridgehead atoms. The van der Waals surface area contributed by atoms with Crippen LogP contribution in [0.2, 0.25) is 0 Å². The highest BCUT2D eigenvalue weighted by Crippen LogP contribution is 2.56. The topological polar surface area (TPSA) is 81.1 Å². The first-order chi connectivity index (χ1) is 7.29. The third kappa shape index (κ3) is 1.25. The molecule has 0 aliphatic heterocycles. The Bertz CT molecular complexity index is 448. The van der Waals surface area contributed by atoms with Crippen LogP contribution < -0.4 is 5.73 Å². The van der Waals surface area contributed by atoms with E-state index in [1.54, 1.807) is 0 Å². The zero-order chi connectivity index (χ0) is 12.1. The zero-order valence-electron chi connectivity index (χ0n) is 7.95. The Morgan fingerprint density at radius 1 is 1.56 bits per heavy atom. The molecule has 0 amide bonds. The van der Waals surface area contributed by atoms with Crippen molar-refractivity contribution < 1.29 is 23.1 Å². The Balaban J connectivity index is 2.47. The number of nitrogens with zero attached hydrogens (tertiary/aromatic N) is 2. The maximum atomic E-state index is 12.7. The second kappa shape index (κ2) is 2.89. The van der Waals surface area contributed by atoms with E-state index in [-0.39, 0.29) is 12.8 Å². The molecule has 1 fully saturated rings. The number of alkyl halides is 3. The van der Waals surface area contributed by atoms with E-state index in [0.717, 1.165) is 6.20 Å². The van der Waals surface area contributed by atoms with Crippen LogP contribution in [0.1, 0.15) is 23.2 Å². The summed E-state index contributed by atoms with van der Waals surface area (Å²) in [6.07, 6.45) is -3.88. The van der Waals surface area contributed by atoms with Crippen molar-refractivity contribution in [2.45, 2.75) is 24.6 Å². The fraction of sp³-hybridized carbons (Fsp3) is 0.500. The number of carboxylic acids is 1. The summed E-state index contributed by atoms with van der Waals surface area (Å²) in [5.74, 6) is -1.84. The molecule has 2 rings (SSSR count). The highest BCUT2D eigenvalue weighted by molar-refractivity contribution is 5.92. The first-order valence-electron chi connectivity index (χ1n) is 4.43. The number of carbonyl (C=O) groups is 1. The number of rotatable bonds is 2. The van der Waals surface area contributed by atoms with Gasteiger partial charge in [0, 0.05) is 0 Å². The molecule has 16 heavy (non-hydrogen) atoms. The Morgan fingerprint density at radius 3 is 2.44 bits per heavy atom. The van der Waals surface area contributed by atoms with Crippen molar-refractivity contribution in [1.82, 2.24) is 9.78 Å². The minimum atomic E-state index is -4.47. The molecule has 1 saturated carbocycles. The summed E-state index contributed by atoms with van der Waals surface area (Å²) in [4.78, 5) is 10.6. The number of anilines is 1. The normalized spacial score (nSPS) is 18.4. The van der Waals surface area contributed by atoms with E-state index in [0.29, 0.717) is 4.68 Å². The van der Waals surface area contributed by atoms with Gasteiger partial charge in [-0.3, -0.25) is 0 Å². The van der Waals surface area contributed by atoms with Crippen LogP contribution in [-0.2, 0) is 5.54 Å². The summed E-state index contributed by atoms with van der Waals surface area (Å²) < 4.78 is 38.7. The molecule has 1 aliphatic carbocycles. The van der Waals surface area contributed by atoms with Gasteiger partial charge in [0.15, 0.2) is 5.54 Å². The van der Waals surface area contributed by atoms with E-state index in [1.807, 2.05) is 0 Å². The minimum absolute atomic E-state index is 0.124. The zero-order valence-corrected chi connectivity index (χ0v) is 7.95. The number of hydrogen-bond acceptors (Lipinski definition) is 3. The molecule has 88 valence electrons. The fourth-order valence-electron chi connectivity index (χ4n) is 1.60. The Kier molecular flexibility index (Phi) is 1.95. The van der Waals surface area contributed by atoms with Crippen LogP contribution in [0.15, 0.2) is 6.20 Å². The fourth-order valence-corrected chi connectivity index (χ4v) is 1.60. The van der Waals surface area contributed by atoms with Crippen molar-refractivity contribution in [3.05, 3.63) is 11.8 Å². The lowest BCUT2D eigenvalue weighted by atomic mass is 10.2. The lowest BCUT2D eigenvalue weighted by Gasteiger charge is -2.20. The van der Waals surface area contributed by atoms with Crippen LogP contribution in [0.5, 0.6) is 0 Å². The predicted octanol–water partition coefficient (Wildman–Crippen LogP) is 1.21. The lowest BCUT2D eigenvalue weighted by Crippen LogP contribution is -2.36. The Hall–Kier alpha value is -1.73. The predicted molar refractivity (Wildman–Crippen MR) is 46.9 cm³/mol. The van der Waals surface area contributed by atoms with Gasteiger partial charge >= 0.3 is 12.1 Å². The summed E-state index contributed by atoms with van der Waals surface area (Å²) in [6, 6.07) is 0. The largest absolute Gasteiger partial charge is 0.477 e. The third-order valence-corrected chi connectivity index (χ3v) is 2.69. The minimum Gasteiger partial charge on any atom is -0.477 e. The van der Waals surface area contributed by atoms with E-state index >= 15 is 0 Å². The average Bonchev–Trinajstić information content (AvgIpc) is 2.85. The molecule has 1 aromatic rings. The van der Waals surface area contributed by atoms with E-state index in [9.17, 15) is 18.0 Å². The summed E-state index contributed by atoms with van der Waals surface area (Å²) in [7, 11) is 0. The van der Waals surface area contributed by atoms with E-state index in [4.69, 9.17) is 10.8 Å². The van der Waals surface area contributed by atoms with E-state index < -0.39 is 29.1 Å². The van der Waals surface area contributed by atoms with Crippen LogP contribution in [0.4, 0.5) is 19.0 Å². The molecule has 0 atom stereocenters. The Labute approximate surface area is 87.6 Å². The van der Waals surface area contributed by atoms with Crippen LogP contribution in [0.3, 0.4) is 0 Å². The number of aromatic carboxylic acids is 1. The molecule has 5 nitrogen and oxygen atoms in total. The monoisotopic (exact) mass is 235 g/mol. The summed E-state index contributed by atoms with van der Waals surface area (Å²) in [5.41, 5.74) is 2.83. The van der Waals surface area contributed by atoms with Gasteiger partial charge in [-0.05, 0) is 12.8 Å². The number of halogens is 3. The highest BCUT2D eigenvalue weighted by Gasteiger charge is 2.66. The number of nitrogens with two attached hydrogens (primary N) is 1. The van der Waals surface area contributed by atoms with Crippen molar-refractivity contribution in [2.24, 2.45) is 0 Å². The van der Waals surface area contributed by atoms with Crippen molar-refractivity contribution in [3.8, 4) is 0 Å². The maximum Gasteiger partial charge on any atom is 0.413 e. The van der Waals surface area contributed by atoms with Gasteiger partial charge in [-0.25, -0.2) is 9.48 Å². The van der Waals surface area contributed by atoms with Crippen LogP contribution >= 0.6 is 0 Å². The summed E-state index contributed by atoms with van der Waals surface area (Å²) in [5, 5.41) is 12.1. The van der Waals surface area contributed by atoms with Gasteiger partial charge in [-0.15, -0.1) is 0 Å². The first kappa shape index (κ1) is 10.8. The van der Waals surface area contributed by atoms with Crippen LogP contribution in [0, 0.1) is 0 Å². The number of carboxylic acid groups (broad SMARTS) is 1. The molecule has 0 radical (unpaired) electrons. The van der Waals surface area contributed by atoms with E-state index in [2.05, 4.69) is 5.10 Å². The summed E-state index contributed by atoms with van der Waals surface area (Å²) >= 11 is 0. The second-order valence-electron chi connectivity index (χ2n) is 3.69. The van der Waals surface area contributed by atoms with Crippen molar-refractivity contribution >= 4 is 11.8 Å². The van der Waals surface area contributed by atoms with Gasteiger partial charge in [0.05, 0.1) is 6.20 Å². The number of aromatic nitrogens is 2. The van der Waals surface area contributed by atoms with Crippen molar-refractivity contribution in [2.75, 3.05) is 5.73 Å². The molecule has 0 spiro atoms. The molecular weight excluding hydrogens is 227 g/mol. The number of hydrogen-bond donors (Lipinski definition) is 2. The van der Waals surface area contributed by atoms with Crippen LogP contribution in [0.25, 0.3) is 0 Å². The molecule has 1 aliphatic rings. The van der Waals surface area contributed by atoms with Gasteiger partial charge in [0.1, 0.15) is 11.4 Å². The first-order valence-corrected chi connectivity index (χ1v) is 4.43. The van der Waals surface area contributed by atoms with Gasteiger partial charge in [-0.2, -0.15) is 18.3 Å². The quantitative estimate of drug-likeness (QED) is 0.807. The number of nitrogen functional groups attached to an aromatic ring is 1. The molecule has 8 heteroatoms. The second-order valence-corrected chi connectivity index (χ2v) is 3.69. The molecule has 1 heterocycles. The molecule has 3 N–H and O–H groups in total. The molecule has 0 saturated heterocycles. The Morgan fingerprint density at radius 2 is 2.12 bits per heavy atom. The molecule has 0 aromatic carbocycles. The van der Waals surface area contributed by atoms with Gasteiger partial charge in [-0.1, -0.05) is 0 Å². The van der Waals surface area contributed by atoms with E-state index in [1.165, 1.54) is 0 Å². The summed E-state index contributed by atoms with van der Waals surface area (Å²) in [6.45, 7) is 0. The molecule has 1 aromatic heterocycles. The smallest absolute Gasteiger partial charge is 0.413 e. The third-order valence-electron chi connectivity index (χ3n) is 2.69. The van der Waals surface area contributed by atoms with Crippen molar-refractivity contribution in [1.29, 1.82) is 0 Å². The highest BCUT2D eigenvalue weighted by atomic mass is 19.4. The van der Waals surface area contributed by atoms with Crippen molar-refractivity contribution in [3.63, 3.8) is 0 Å². The standard InChI is InChI=1S/C8H8F3N3O2/c9-8(10,11)7(1-2-7)14-5(12)4(3-13-14)6(15)16/h3H,1-2,12H2,(H,15,16). The average molecular weight is 235 g/mol. The molecular formula is C8H8F3N3O2. The molecule has 0 unspecified atom stereocenters.